The lowest BCUT2D eigenvalue weighted by Crippen LogP contribution is -1.90. The lowest BCUT2D eigenvalue weighted by atomic mass is 9.91. The van der Waals surface area contributed by atoms with Crippen molar-refractivity contribution in [2.24, 2.45) is 0 Å². The first-order chi connectivity index (χ1) is 22.3. The molecule has 0 saturated carbocycles. The number of benzene rings is 7. The summed E-state index contributed by atoms with van der Waals surface area (Å²) in [4.78, 5) is 5.13. The summed E-state index contributed by atoms with van der Waals surface area (Å²) < 4.78 is 6.83. The summed E-state index contributed by atoms with van der Waals surface area (Å²) in [6.45, 7) is 0. The SMILES string of the molecule is c1ccc(-c2cc(-c3ccccc3)cc(-c3cccc4oc5c(ccc6c(-c7ccccc7)nc7ccccc7c65)c34)c2)cc1. The van der Waals surface area contributed by atoms with Gasteiger partial charge in [-0.25, -0.2) is 4.98 Å². The first-order valence-corrected chi connectivity index (χ1v) is 15.3. The molecule has 45 heavy (non-hydrogen) atoms. The van der Waals surface area contributed by atoms with E-state index in [1.807, 2.05) is 6.07 Å². The van der Waals surface area contributed by atoms with Crippen LogP contribution in [0.2, 0.25) is 0 Å². The van der Waals surface area contributed by atoms with Gasteiger partial charge >= 0.3 is 0 Å². The number of hydrogen-bond donors (Lipinski definition) is 0. The van der Waals surface area contributed by atoms with Crippen LogP contribution in [0.4, 0.5) is 0 Å². The second-order valence-corrected chi connectivity index (χ2v) is 11.5. The minimum absolute atomic E-state index is 0.878. The van der Waals surface area contributed by atoms with Crippen LogP contribution < -0.4 is 0 Å². The molecular formula is C43H27NO. The van der Waals surface area contributed by atoms with Crippen molar-refractivity contribution in [1.82, 2.24) is 4.98 Å². The van der Waals surface area contributed by atoms with Gasteiger partial charge in [-0.3, -0.25) is 0 Å². The van der Waals surface area contributed by atoms with Crippen LogP contribution in [0.1, 0.15) is 0 Å². The van der Waals surface area contributed by atoms with Crippen LogP contribution in [0.3, 0.4) is 0 Å². The third kappa shape index (κ3) is 4.22. The van der Waals surface area contributed by atoms with Crippen LogP contribution in [0.5, 0.6) is 0 Å². The number of furan rings is 1. The molecule has 9 rings (SSSR count). The van der Waals surface area contributed by atoms with E-state index >= 15 is 0 Å². The molecule has 210 valence electrons. The van der Waals surface area contributed by atoms with Crippen molar-refractivity contribution in [2.75, 3.05) is 0 Å². The van der Waals surface area contributed by atoms with E-state index in [0.717, 1.165) is 66.0 Å². The number of nitrogens with zero attached hydrogens (tertiary/aromatic N) is 1. The summed E-state index contributed by atoms with van der Waals surface area (Å²) in [5, 5.41) is 5.51. The van der Waals surface area contributed by atoms with Gasteiger partial charge in [-0.1, -0.05) is 127 Å². The van der Waals surface area contributed by atoms with E-state index < -0.39 is 0 Å². The monoisotopic (exact) mass is 573 g/mol. The minimum atomic E-state index is 0.878. The molecule has 0 fully saturated rings. The largest absolute Gasteiger partial charge is 0.455 e. The molecule has 0 saturated heterocycles. The molecule has 0 bridgehead atoms. The highest BCUT2D eigenvalue weighted by molar-refractivity contribution is 6.26. The normalized spacial score (nSPS) is 11.6. The van der Waals surface area contributed by atoms with Crippen LogP contribution in [-0.4, -0.2) is 4.98 Å². The Morgan fingerprint density at radius 3 is 1.64 bits per heavy atom. The van der Waals surface area contributed by atoms with E-state index in [1.165, 1.54) is 22.3 Å². The predicted molar refractivity (Wildman–Crippen MR) is 188 cm³/mol. The first-order valence-electron chi connectivity index (χ1n) is 15.3. The molecule has 0 N–H and O–H groups in total. The van der Waals surface area contributed by atoms with Crippen LogP contribution >= 0.6 is 0 Å². The Bertz CT molecular complexity index is 2460. The third-order valence-corrected chi connectivity index (χ3v) is 8.83. The molecule has 0 radical (unpaired) electrons. The van der Waals surface area contributed by atoms with E-state index in [0.29, 0.717) is 0 Å². The maximum Gasteiger partial charge on any atom is 0.144 e. The zero-order valence-electron chi connectivity index (χ0n) is 24.4. The summed E-state index contributed by atoms with van der Waals surface area (Å²) in [6, 6.07) is 57.8. The zero-order valence-corrected chi connectivity index (χ0v) is 24.4. The van der Waals surface area contributed by atoms with Crippen molar-refractivity contribution in [1.29, 1.82) is 0 Å². The quantitative estimate of drug-likeness (QED) is 0.196. The summed E-state index contributed by atoms with van der Waals surface area (Å²) in [5.74, 6) is 0. The molecular weight excluding hydrogens is 546 g/mol. The van der Waals surface area contributed by atoms with Crippen molar-refractivity contribution in [3.05, 3.63) is 164 Å². The lowest BCUT2D eigenvalue weighted by molar-refractivity contribution is 0.673. The molecule has 0 amide bonds. The highest BCUT2D eigenvalue weighted by atomic mass is 16.3. The number of para-hydroxylation sites is 1. The van der Waals surface area contributed by atoms with E-state index in [1.54, 1.807) is 0 Å². The van der Waals surface area contributed by atoms with E-state index in [9.17, 15) is 0 Å². The van der Waals surface area contributed by atoms with Crippen LogP contribution in [0.15, 0.2) is 168 Å². The second kappa shape index (κ2) is 10.3. The van der Waals surface area contributed by atoms with Gasteiger partial charge in [0.2, 0.25) is 0 Å². The molecule has 0 unspecified atom stereocenters. The van der Waals surface area contributed by atoms with E-state index in [-0.39, 0.29) is 0 Å². The van der Waals surface area contributed by atoms with Crippen molar-refractivity contribution >= 4 is 43.6 Å². The molecule has 2 heterocycles. The minimum Gasteiger partial charge on any atom is -0.455 e. The Morgan fingerprint density at radius 1 is 0.378 bits per heavy atom. The van der Waals surface area contributed by atoms with Crippen molar-refractivity contribution in [2.45, 2.75) is 0 Å². The number of fused-ring (bicyclic) bond motifs is 7. The van der Waals surface area contributed by atoms with Crippen LogP contribution in [0.25, 0.3) is 88.3 Å². The molecule has 2 heteroatoms. The molecule has 0 atom stereocenters. The molecule has 0 spiro atoms. The summed E-state index contributed by atoms with van der Waals surface area (Å²) in [5.41, 5.74) is 11.9. The average Bonchev–Trinajstić information content (AvgIpc) is 3.51. The van der Waals surface area contributed by atoms with Gasteiger partial charge in [0.25, 0.3) is 0 Å². The van der Waals surface area contributed by atoms with Gasteiger partial charge in [-0.05, 0) is 69.8 Å². The smallest absolute Gasteiger partial charge is 0.144 e. The number of pyridine rings is 1. The number of aromatic nitrogens is 1. The predicted octanol–water partition coefficient (Wildman–Crippen LogP) is 12.0. The molecule has 2 nitrogen and oxygen atoms in total. The molecule has 0 aliphatic heterocycles. The van der Waals surface area contributed by atoms with Crippen molar-refractivity contribution in [3.63, 3.8) is 0 Å². The van der Waals surface area contributed by atoms with Gasteiger partial charge in [-0.2, -0.15) is 0 Å². The first kappa shape index (κ1) is 25.5. The van der Waals surface area contributed by atoms with E-state index in [2.05, 4.69) is 158 Å². The van der Waals surface area contributed by atoms with Gasteiger partial charge in [0.05, 0.1) is 11.2 Å². The molecule has 9 aromatic rings. The highest BCUT2D eigenvalue weighted by Gasteiger charge is 2.19. The fourth-order valence-corrected chi connectivity index (χ4v) is 6.75. The second-order valence-electron chi connectivity index (χ2n) is 11.5. The zero-order chi connectivity index (χ0) is 29.7. The Hall–Kier alpha value is -5.99. The van der Waals surface area contributed by atoms with Gasteiger partial charge in [0, 0.05) is 32.5 Å². The fourth-order valence-electron chi connectivity index (χ4n) is 6.75. The maximum absolute atomic E-state index is 6.83. The number of hydrogen-bond acceptors (Lipinski definition) is 2. The third-order valence-electron chi connectivity index (χ3n) is 8.83. The maximum atomic E-state index is 6.83. The molecule has 2 aromatic heterocycles. The Labute approximate surface area is 260 Å². The summed E-state index contributed by atoms with van der Waals surface area (Å²) >= 11 is 0. The molecule has 0 aliphatic carbocycles. The summed E-state index contributed by atoms with van der Waals surface area (Å²) in [6.07, 6.45) is 0. The Morgan fingerprint density at radius 2 is 0.956 bits per heavy atom. The highest BCUT2D eigenvalue weighted by Crippen LogP contribution is 2.44. The topological polar surface area (TPSA) is 26.0 Å². The molecule has 0 aliphatic rings. The van der Waals surface area contributed by atoms with Gasteiger partial charge in [-0.15, -0.1) is 0 Å². The van der Waals surface area contributed by atoms with E-state index in [4.69, 9.17) is 9.40 Å². The average molecular weight is 574 g/mol. The van der Waals surface area contributed by atoms with Crippen molar-refractivity contribution in [3.8, 4) is 44.6 Å². The van der Waals surface area contributed by atoms with Crippen LogP contribution in [0, 0.1) is 0 Å². The standard InChI is InChI=1S/C43H27NO/c1-4-13-28(14-5-1)31-25-32(29-15-6-2-7-16-29)27-33(26-31)34-20-12-22-39-40(34)37-24-23-36-41(43(37)45-39)35-19-10-11-21-38(35)44-42(36)30-17-8-3-9-18-30/h1-27H. The lowest BCUT2D eigenvalue weighted by Gasteiger charge is -2.12. The van der Waals surface area contributed by atoms with Gasteiger partial charge in [0.1, 0.15) is 11.2 Å². The molecule has 7 aromatic carbocycles. The Kier molecular flexibility index (Phi) is 5.85. The number of rotatable bonds is 4. The van der Waals surface area contributed by atoms with Crippen molar-refractivity contribution < 1.29 is 4.42 Å². The van der Waals surface area contributed by atoms with Gasteiger partial charge < -0.3 is 4.42 Å². The fraction of sp³-hybridized carbons (Fsp3) is 0. The summed E-state index contributed by atoms with van der Waals surface area (Å²) in [7, 11) is 0. The van der Waals surface area contributed by atoms with Gasteiger partial charge in [0.15, 0.2) is 0 Å². The Balaban J connectivity index is 1.35. The van der Waals surface area contributed by atoms with Crippen LogP contribution in [-0.2, 0) is 0 Å².